The van der Waals surface area contributed by atoms with Gasteiger partial charge < -0.3 is 10.2 Å². The first kappa shape index (κ1) is 15.4. The highest BCUT2D eigenvalue weighted by atomic mass is 16.3. The number of aromatic hydroxyl groups is 2. The molecule has 0 saturated heterocycles. The molecule has 0 atom stereocenters. The molecule has 112 valence electrons. The van der Waals surface area contributed by atoms with E-state index in [1.807, 2.05) is 38.1 Å². The van der Waals surface area contributed by atoms with Crippen LogP contribution < -0.4 is 0 Å². The number of phenols is 2. The van der Waals surface area contributed by atoms with Crippen LogP contribution in [0.1, 0.15) is 48.9 Å². The lowest BCUT2D eigenvalue weighted by Crippen LogP contribution is -2.20. The van der Waals surface area contributed by atoms with Crippen molar-refractivity contribution in [3.8, 4) is 11.5 Å². The van der Waals surface area contributed by atoms with E-state index in [2.05, 4.69) is 20.8 Å². The number of benzene rings is 2. The Morgan fingerprint density at radius 1 is 0.762 bits per heavy atom. The lowest BCUT2D eigenvalue weighted by Gasteiger charge is -2.32. The maximum atomic E-state index is 9.75. The first-order chi connectivity index (χ1) is 9.70. The molecule has 2 heteroatoms. The van der Waals surface area contributed by atoms with Gasteiger partial charge in [0, 0.05) is 5.92 Å². The molecule has 0 fully saturated rings. The molecule has 0 aliphatic carbocycles. The molecule has 0 unspecified atom stereocenters. The van der Waals surface area contributed by atoms with Crippen LogP contribution in [0, 0.1) is 19.3 Å². The minimum atomic E-state index is 0.0345. The molecular formula is C19H24O2. The van der Waals surface area contributed by atoms with E-state index in [4.69, 9.17) is 0 Å². The molecule has 2 aromatic rings. The minimum absolute atomic E-state index is 0.0345. The van der Waals surface area contributed by atoms with Gasteiger partial charge in [-0.15, -0.1) is 0 Å². The quantitative estimate of drug-likeness (QED) is 0.824. The molecule has 0 spiro atoms. The standard InChI is InChI=1S/C19H24O2/c1-12-10-14(6-8-16(12)20)18(19(3,4)5)15-7-9-17(21)13(2)11-15/h6-11,18,20-21H,1-5H3. The molecule has 21 heavy (non-hydrogen) atoms. The summed E-state index contributed by atoms with van der Waals surface area (Å²) in [5.41, 5.74) is 4.17. The Morgan fingerprint density at radius 2 is 1.14 bits per heavy atom. The second-order valence-electron chi connectivity index (χ2n) is 6.89. The molecule has 0 saturated carbocycles. The average Bonchev–Trinajstić information content (AvgIpc) is 2.37. The highest BCUT2D eigenvalue weighted by Crippen LogP contribution is 2.42. The lowest BCUT2D eigenvalue weighted by atomic mass is 9.72. The van der Waals surface area contributed by atoms with Gasteiger partial charge in [-0.25, -0.2) is 0 Å². The molecule has 0 aliphatic heterocycles. The van der Waals surface area contributed by atoms with Gasteiger partial charge >= 0.3 is 0 Å². The number of hydrogen-bond acceptors (Lipinski definition) is 2. The first-order valence-electron chi connectivity index (χ1n) is 7.29. The van der Waals surface area contributed by atoms with Crippen molar-refractivity contribution in [2.75, 3.05) is 0 Å². The summed E-state index contributed by atoms with van der Waals surface area (Å²) < 4.78 is 0. The smallest absolute Gasteiger partial charge is 0.118 e. The van der Waals surface area contributed by atoms with E-state index in [0.29, 0.717) is 11.5 Å². The third-order valence-corrected chi connectivity index (χ3v) is 3.97. The van der Waals surface area contributed by atoms with Crippen LogP contribution >= 0.6 is 0 Å². The van der Waals surface area contributed by atoms with Gasteiger partial charge in [-0.05, 0) is 53.6 Å². The first-order valence-corrected chi connectivity index (χ1v) is 7.29. The van der Waals surface area contributed by atoms with Crippen LogP contribution in [-0.4, -0.2) is 10.2 Å². The van der Waals surface area contributed by atoms with Gasteiger partial charge in [0.1, 0.15) is 11.5 Å². The maximum Gasteiger partial charge on any atom is 0.118 e. The van der Waals surface area contributed by atoms with Crippen molar-refractivity contribution in [3.05, 3.63) is 58.7 Å². The summed E-state index contributed by atoms with van der Waals surface area (Å²) in [6.45, 7) is 10.5. The van der Waals surface area contributed by atoms with Crippen molar-refractivity contribution in [3.63, 3.8) is 0 Å². The number of aryl methyl sites for hydroxylation is 2. The summed E-state index contributed by atoms with van der Waals surface area (Å²) in [7, 11) is 0. The Morgan fingerprint density at radius 3 is 1.43 bits per heavy atom. The summed E-state index contributed by atoms with van der Waals surface area (Å²) in [4.78, 5) is 0. The van der Waals surface area contributed by atoms with Gasteiger partial charge in [0.15, 0.2) is 0 Å². The predicted octanol–water partition coefficient (Wildman–Crippen LogP) is 4.89. The minimum Gasteiger partial charge on any atom is -0.508 e. The van der Waals surface area contributed by atoms with Gasteiger partial charge in [0.25, 0.3) is 0 Å². The van der Waals surface area contributed by atoms with Crippen LogP contribution in [0.2, 0.25) is 0 Å². The largest absolute Gasteiger partial charge is 0.508 e. The van der Waals surface area contributed by atoms with Crippen molar-refractivity contribution in [1.82, 2.24) is 0 Å². The van der Waals surface area contributed by atoms with E-state index in [1.165, 1.54) is 11.1 Å². The molecular weight excluding hydrogens is 260 g/mol. The normalized spacial score (nSPS) is 11.9. The molecule has 0 amide bonds. The van der Waals surface area contributed by atoms with Crippen molar-refractivity contribution >= 4 is 0 Å². The molecule has 0 aromatic heterocycles. The number of phenolic OH excluding ortho intramolecular Hbond substituents is 2. The summed E-state index contributed by atoms with van der Waals surface area (Å²) in [5, 5.41) is 19.5. The zero-order valence-corrected chi connectivity index (χ0v) is 13.4. The van der Waals surface area contributed by atoms with Crippen LogP contribution in [-0.2, 0) is 0 Å². The average molecular weight is 284 g/mol. The Labute approximate surface area is 127 Å². The van der Waals surface area contributed by atoms with Crippen molar-refractivity contribution in [2.24, 2.45) is 5.41 Å². The maximum absolute atomic E-state index is 9.75. The third-order valence-electron chi connectivity index (χ3n) is 3.97. The zero-order valence-electron chi connectivity index (χ0n) is 13.4. The molecule has 2 nitrogen and oxygen atoms in total. The van der Waals surface area contributed by atoms with Crippen molar-refractivity contribution < 1.29 is 10.2 Å². The Kier molecular flexibility index (Phi) is 3.99. The molecule has 2 N–H and O–H groups in total. The monoisotopic (exact) mass is 284 g/mol. The molecule has 2 rings (SSSR count). The fraction of sp³-hybridized carbons (Fsp3) is 0.368. The van der Waals surface area contributed by atoms with Crippen molar-refractivity contribution in [2.45, 2.75) is 40.5 Å². The van der Waals surface area contributed by atoms with Gasteiger partial charge in [-0.1, -0.05) is 45.0 Å². The Balaban J connectivity index is 2.58. The van der Waals surface area contributed by atoms with Gasteiger partial charge in [0.05, 0.1) is 0 Å². The topological polar surface area (TPSA) is 40.5 Å². The Bertz CT molecular complexity index is 600. The van der Waals surface area contributed by atoms with Crippen molar-refractivity contribution in [1.29, 1.82) is 0 Å². The highest BCUT2D eigenvalue weighted by molar-refractivity contribution is 5.44. The predicted molar refractivity (Wildman–Crippen MR) is 87.0 cm³/mol. The second-order valence-corrected chi connectivity index (χ2v) is 6.89. The zero-order chi connectivity index (χ0) is 15.8. The third kappa shape index (κ3) is 3.21. The Hall–Kier alpha value is -1.96. The van der Waals surface area contributed by atoms with E-state index in [1.54, 1.807) is 12.1 Å². The highest BCUT2D eigenvalue weighted by Gasteiger charge is 2.28. The van der Waals surface area contributed by atoms with Crippen LogP contribution in [0.25, 0.3) is 0 Å². The summed E-state index contributed by atoms with van der Waals surface area (Å²) >= 11 is 0. The van der Waals surface area contributed by atoms with Crippen LogP contribution in [0.3, 0.4) is 0 Å². The van der Waals surface area contributed by atoms with E-state index in [-0.39, 0.29) is 11.3 Å². The number of rotatable bonds is 2. The van der Waals surface area contributed by atoms with Crippen LogP contribution in [0.4, 0.5) is 0 Å². The van der Waals surface area contributed by atoms with E-state index >= 15 is 0 Å². The SMILES string of the molecule is Cc1cc(C(c2ccc(O)c(C)c2)C(C)(C)C)ccc1O. The molecule has 2 aromatic carbocycles. The van der Waals surface area contributed by atoms with Crippen LogP contribution in [0.15, 0.2) is 36.4 Å². The molecule has 0 aliphatic rings. The fourth-order valence-electron chi connectivity index (χ4n) is 2.91. The fourth-order valence-corrected chi connectivity index (χ4v) is 2.91. The molecule has 0 heterocycles. The van der Waals surface area contributed by atoms with E-state index in [0.717, 1.165) is 11.1 Å². The van der Waals surface area contributed by atoms with Gasteiger partial charge in [-0.2, -0.15) is 0 Å². The summed E-state index contributed by atoms with van der Waals surface area (Å²) in [5.74, 6) is 0.859. The van der Waals surface area contributed by atoms with Gasteiger partial charge in [-0.3, -0.25) is 0 Å². The molecule has 0 bridgehead atoms. The molecule has 0 radical (unpaired) electrons. The van der Waals surface area contributed by atoms with E-state index in [9.17, 15) is 10.2 Å². The van der Waals surface area contributed by atoms with Crippen LogP contribution in [0.5, 0.6) is 11.5 Å². The van der Waals surface area contributed by atoms with Gasteiger partial charge in [0.2, 0.25) is 0 Å². The lowest BCUT2D eigenvalue weighted by molar-refractivity contribution is 0.357. The van der Waals surface area contributed by atoms with E-state index < -0.39 is 0 Å². The second kappa shape index (κ2) is 5.44. The summed E-state index contributed by atoms with van der Waals surface area (Å²) in [6, 6.07) is 11.6. The number of hydrogen-bond donors (Lipinski definition) is 2. The summed E-state index contributed by atoms with van der Waals surface area (Å²) in [6.07, 6.45) is 0.